The van der Waals surface area contributed by atoms with Crippen molar-refractivity contribution in [2.24, 2.45) is 11.8 Å². The fourth-order valence-electron chi connectivity index (χ4n) is 1.63. The Hall–Kier alpha value is -0.770. The van der Waals surface area contributed by atoms with E-state index in [1.165, 1.54) is 0 Å². The Balaban J connectivity index is 2.34. The van der Waals surface area contributed by atoms with E-state index in [0.717, 1.165) is 6.42 Å². The van der Waals surface area contributed by atoms with Crippen LogP contribution in [0.15, 0.2) is 12.2 Å². The lowest BCUT2D eigenvalue weighted by Gasteiger charge is -2.20. The van der Waals surface area contributed by atoms with Crippen LogP contribution in [0.25, 0.3) is 0 Å². The van der Waals surface area contributed by atoms with Gasteiger partial charge in [-0.1, -0.05) is 12.2 Å². The molecule has 3 atom stereocenters. The molecule has 0 spiro atoms. The van der Waals surface area contributed by atoms with E-state index < -0.39 is 11.9 Å². The summed E-state index contributed by atoms with van der Waals surface area (Å²) in [5, 5.41) is -0.0704. The summed E-state index contributed by atoms with van der Waals surface area (Å²) in [7, 11) is 0. The van der Waals surface area contributed by atoms with E-state index in [0.29, 0.717) is 0 Å². The van der Waals surface area contributed by atoms with Gasteiger partial charge in [-0.25, -0.2) is 0 Å². The van der Waals surface area contributed by atoms with Crippen molar-refractivity contribution in [2.75, 3.05) is 0 Å². The summed E-state index contributed by atoms with van der Waals surface area (Å²) in [4.78, 5) is 22.1. The molecule has 1 heterocycles. The molecular weight excluding hydrogens is 176 g/mol. The molecule has 2 rings (SSSR count). The molecule has 2 aliphatic rings. The van der Waals surface area contributed by atoms with Gasteiger partial charge in [-0.05, 0) is 6.42 Å². The third-order valence-corrected chi connectivity index (χ3v) is 2.80. The smallest absolute Gasteiger partial charge is 0.321 e. The minimum atomic E-state index is -0.431. The number of fused-ring (bicyclic) bond motifs is 1. The van der Waals surface area contributed by atoms with Gasteiger partial charge in [-0.3, -0.25) is 9.59 Å². The van der Waals surface area contributed by atoms with Crippen LogP contribution in [0.3, 0.4) is 0 Å². The van der Waals surface area contributed by atoms with Crippen LogP contribution in [-0.2, 0) is 14.3 Å². The Labute approximate surface area is 75.2 Å². The van der Waals surface area contributed by atoms with Crippen molar-refractivity contribution in [3.8, 4) is 0 Å². The Bertz CT molecular complexity index is 271. The average Bonchev–Trinajstić information content (AvgIpc) is 2.29. The summed E-state index contributed by atoms with van der Waals surface area (Å²) in [6, 6.07) is 0. The molecule has 0 bridgehead atoms. The van der Waals surface area contributed by atoms with Crippen molar-refractivity contribution in [1.82, 2.24) is 0 Å². The first kappa shape index (κ1) is 7.86. The first-order valence-corrected chi connectivity index (χ1v) is 4.32. The highest BCUT2D eigenvalue weighted by Crippen LogP contribution is 2.35. The highest BCUT2D eigenvalue weighted by molar-refractivity contribution is 7.81. The maximum atomic E-state index is 11.1. The van der Waals surface area contributed by atoms with Crippen LogP contribution in [-0.4, -0.2) is 17.2 Å². The van der Waals surface area contributed by atoms with Crippen LogP contribution in [0.4, 0.5) is 0 Å². The summed E-state index contributed by atoms with van der Waals surface area (Å²) in [5.74, 6) is -1.59. The van der Waals surface area contributed by atoms with Gasteiger partial charge < -0.3 is 4.74 Å². The number of allylic oxidation sites excluding steroid dienone is 1. The quantitative estimate of drug-likeness (QED) is 0.259. The number of thiol groups is 1. The fourth-order valence-corrected chi connectivity index (χ4v) is 2.06. The summed E-state index contributed by atoms with van der Waals surface area (Å²) < 4.78 is 4.50. The molecule has 12 heavy (non-hydrogen) atoms. The molecule has 0 radical (unpaired) electrons. The van der Waals surface area contributed by atoms with Crippen molar-refractivity contribution < 1.29 is 14.3 Å². The van der Waals surface area contributed by atoms with Gasteiger partial charge in [0.25, 0.3) is 0 Å². The zero-order valence-corrected chi connectivity index (χ0v) is 7.16. The van der Waals surface area contributed by atoms with Crippen molar-refractivity contribution in [1.29, 1.82) is 0 Å². The van der Waals surface area contributed by atoms with Crippen LogP contribution in [0.2, 0.25) is 0 Å². The maximum absolute atomic E-state index is 11.1. The van der Waals surface area contributed by atoms with Crippen molar-refractivity contribution in [2.45, 2.75) is 11.7 Å². The molecule has 1 aliphatic carbocycles. The molecule has 0 N–H and O–H groups in total. The number of hydrogen-bond acceptors (Lipinski definition) is 4. The van der Waals surface area contributed by atoms with Gasteiger partial charge in [0, 0.05) is 5.25 Å². The Morgan fingerprint density at radius 2 is 2.17 bits per heavy atom. The Morgan fingerprint density at radius 1 is 1.42 bits per heavy atom. The van der Waals surface area contributed by atoms with Gasteiger partial charge in [-0.15, -0.1) is 0 Å². The summed E-state index contributed by atoms with van der Waals surface area (Å²) in [6.45, 7) is 0. The molecular formula is C8H8O3S. The topological polar surface area (TPSA) is 43.4 Å². The minimum absolute atomic E-state index is 0.0704. The molecule has 3 nitrogen and oxygen atoms in total. The van der Waals surface area contributed by atoms with Gasteiger partial charge in [0.1, 0.15) is 0 Å². The second kappa shape index (κ2) is 2.62. The lowest BCUT2D eigenvalue weighted by Crippen LogP contribution is -2.28. The number of ether oxygens (including phenoxy) is 1. The molecule has 0 aromatic heterocycles. The first-order chi connectivity index (χ1) is 5.70. The minimum Gasteiger partial charge on any atom is -0.392 e. The van der Waals surface area contributed by atoms with Gasteiger partial charge in [0.15, 0.2) is 0 Å². The average molecular weight is 184 g/mol. The van der Waals surface area contributed by atoms with Gasteiger partial charge in [0.2, 0.25) is 0 Å². The molecule has 1 aliphatic heterocycles. The van der Waals surface area contributed by atoms with Gasteiger partial charge >= 0.3 is 11.9 Å². The number of carbonyl (C=O) groups excluding carboxylic acids is 2. The summed E-state index contributed by atoms with van der Waals surface area (Å²) >= 11 is 4.23. The molecule has 64 valence electrons. The molecule has 0 amide bonds. The van der Waals surface area contributed by atoms with Crippen LogP contribution < -0.4 is 0 Å². The number of hydrogen-bond donors (Lipinski definition) is 1. The fraction of sp³-hybridized carbons (Fsp3) is 0.500. The van der Waals surface area contributed by atoms with Crippen molar-refractivity contribution in [3.05, 3.63) is 12.2 Å². The molecule has 4 heteroatoms. The van der Waals surface area contributed by atoms with Crippen LogP contribution in [0.1, 0.15) is 6.42 Å². The SMILES string of the molecule is O=C1OC(=O)C2C(S)CC=CC12. The van der Waals surface area contributed by atoms with Crippen molar-refractivity contribution in [3.63, 3.8) is 0 Å². The van der Waals surface area contributed by atoms with E-state index in [-0.39, 0.29) is 17.1 Å². The number of carbonyl (C=O) groups is 2. The summed E-state index contributed by atoms with van der Waals surface area (Å²) in [6.07, 6.45) is 4.34. The number of rotatable bonds is 0. The second-order valence-electron chi connectivity index (χ2n) is 3.02. The molecule has 0 aromatic rings. The lowest BCUT2D eigenvalue weighted by molar-refractivity contribution is -0.153. The summed E-state index contributed by atoms with van der Waals surface area (Å²) in [5.41, 5.74) is 0. The van der Waals surface area contributed by atoms with E-state index in [4.69, 9.17) is 0 Å². The van der Waals surface area contributed by atoms with E-state index >= 15 is 0 Å². The van der Waals surface area contributed by atoms with E-state index in [2.05, 4.69) is 17.4 Å². The highest BCUT2D eigenvalue weighted by atomic mass is 32.1. The van der Waals surface area contributed by atoms with Crippen molar-refractivity contribution >= 4 is 24.6 Å². The van der Waals surface area contributed by atoms with E-state index in [9.17, 15) is 9.59 Å². The molecule has 1 fully saturated rings. The van der Waals surface area contributed by atoms with Gasteiger partial charge in [0.05, 0.1) is 11.8 Å². The maximum Gasteiger partial charge on any atom is 0.321 e. The number of cyclic esters (lactones) is 2. The highest BCUT2D eigenvalue weighted by Gasteiger charge is 2.47. The normalized spacial score (nSPS) is 39.6. The number of esters is 2. The van der Waals surface area contributed by atoms with Gasteiger partial charge in [-0.2, -0.15) is 12.6 Å². The standard InChI is InChI=1S/C8H8O3S/c9-7-4-2-1-3-5(12)6(4)8(10)11-7/h1-2,4-6,12H,3H2. The monoisotopic (exact) mass is 184 g/mol. The Morgan fingerprint density at radius 3 is 2.83 bits per heavy atom. The second-order valence-corrected chi connectivity index (χ2v) is 3.69. The largest absolute Gasteiger partial charge is 0.392 e. The van der Waals surface area contributed by atoms with Crippen LogP contribution in [0.5, 0.6) is 0 Å². The zero-order valence-electron chi connectivity index (χ0n) is 6.27. The third-order valence-electron chi connectivity index (χ3n) is 2.27. The zero-order chi connectivity index (χ0) is 8.72. The first-order valence-electron chi connectivity index (χ1n) is 3.80. The third kappa shape index (κ3) is 0.982. The molecule has 0 saturated carbocycles. The predicted octanol–water partition coefficient (Wildman–Crippen LogP) is 0.560. The van der Waals surface area contributed by atoms with E-state index in [1.807, 2.05) is 6.08 Å². The molecule has 1 saturated heterocycles. The van der Waals surface area contributed by atoms with Crippen LogP contribution in [0, 0.1) is 11.8 Å². The Kier molecular flexibility index (Phi) is 1.72. The van der Waals surface area contributed by atoms with Crippen LogP contribution >= 0.6 is 12.6 Å². The predicted molar refractivity (Wildman–Crippen MR) is 44.6 cm³/mol. The lowest BCUT2D eigenvalue weighted by atomic mass is 9.85. The van der Waals surface area contributed by atoms with E-state index in [1.54, 1.807) is 6.08 Å². The molecule has 3 unspecified atom stereocenters. The molecule has 0 aromatic carbocycles.